The highest BCUT2D eigenvalue weighted by atomic mass is 32.1. The van der Waals surface area contributed by atoms with Crippen LogP contribution in [0.15, 0.2) is 36.4 Å². The Bertz CT molecular complexity index is 969. The van der Waals surface area contributed by atoms with Crippen molar-refractivity contribution in [3.8, 4) is 0 Å². The van der Waals surface area contributed by atoms with Crippen molar-refractivity contribution in [2.45, 2.75) is 32.4 Å². The lowest BCUT2D eigenvalue weighted by Gasteiger charge is -2.44. The standard InChI is InChI=1S/C21H24N4OS/c1-14-17-11-19(20(26)22-18-13-24-9-7-16(18)8-10-24)27-21(17)25(23-14)12-15-5-3-2-4-6-15/h2-6,11,16,18H,7-10,12-13H2,1H3,(H,22,26)/t18-/m1/s1. The molecule has 0 spiro atoms. The second-order valence-electron chi connectivity index (χ2n) is 7.78. The van der Waals surface area contributed by atoms with Crippen LogP contribution < -0.4 is 5.32 Å². The summed E-state index contributed by atoms with van der Waals surface area (Å²) in [5, 5.41) is 9.08. The lowest BCUT2D eigenvalue weighted by atomic mass is 9.84. The van der Waals surface area contributed by atoms with Gasteiger partial charge in [0.25, 0.3) is 5.91 Å². The molecule has 3 saturated heterocycles. The van der Waals surface area contributed by atoms with E-state index in [0.717, 1.165) is 33.9 Å². The normalized spacial score (nSPS) is 24.4. The van der Waals surface area contributed by atoms with Crippen molar-refractivity contribution in [2.24, 2.45) is 5.92 Å². The van der Waals surface area contributed by atoms with Crippen molar-refractivity contribution in [3.05, 3.63) is 52.5 Å². The molecule has 6 rings (SSSR count). The zero-order chi connectivity index (χ0) is 18.4. The van der Waals surface area contributed by atoms with Crippen LogP contribution in [0.1, 0.15) is 33.8 Å². The van der Waals surface area contributed by atoms with E-state index in [4.69, 9.17) is 0 Å². The summed E-state index contributed by atoms with van der Waals surface area (Å²) in [4.78, 5) is 17.2. The van der Waals surface area contributed by atoms with Crippen molar-refractivity contribution in [3.63, 3.8) is 0 Å². The molecule has 0 radical (unpaired) electrons. The molecule has 1 atom stereocenters. The van der Waals surface area contributed by atoms with Gasteiger partial charge in [0, 0.05) is 18.0 Å². The topological polar surface area (TPSA) is 50.2 Å². The number of aryl methyl sites for hydroxylation is 1. The predicted octanol–water partition coefficient (Wildman–Crippen LogP) is 3.28. The largest absolute Gasteiger partial charge is 0.347 e. The molecule has 0 saturated carbocycles. The summed E-state index contributed by atoms with van der Waals surface area (Å²) < 4.78 is 2.02. The Morgan fingerprint density at radius 2 is 2.04 bits per heavy atom. The Labute approximate surface area is 163 Å². The van der Waals surface area contributed by atoms with Crippen LogP contribution >= 0.6 is 11.3 Å². The minimum absolute atomic E-state index is 0.0700. The van der Waals surface area contributed by atoms with E-state index in [1.807, 2.05) is 35.9 Å². The number of hydrogen-bond donors (Lipinski definition) is 1. The number of nitrogens with zero attached hydrogens (tertiary/aromatic N) is 3. The number of rotatable bonds is 4. The number of carbonyl (C=O) groups is 1. The highest BCUT2D eigenvalue weighted by Crippen LogP contribution is 2.31. The van der Waals surface area contributed by atoms with Crippen LogP contribution in [-0.4, -0.2) is 46.3 Å². The van der Waals surface area contributed by atoms with Gasteiger partial charge in [-0.25, -0.2) is 0 Å². The van der Waals surface area contributed by atoms with Crippen LogP contribution in [0.4, 0.5) is 0 Å². The Morgan fingerprint density at radius 1 is 1.26 bits per heavy atom. The van der Waals surface area contributed by atoms with E-state index in [9.17, 15) is 4.79 Å². The van der Waals surface area contributed by atoms with Gasteiger partial charge in [-0.3, -0.25) is 9.48 Å². The van der Waals surface area contributed by atoms with Gasteiger partial charge >= 0.3 is 0 Å². The highest BCUT2D eigenvalue weighted by molar-refractivity contribution is 7.20. The Kier molecular flexibility index (Phi) is 4.25. The van der Waals surface area contributed by atoms with Crippen LogP contribution in [0, 0.1) is 12.8 Å². The van der Waals surface area contributed by atoms with Crippen molar-refractivity contribution in [2.75, 3.05) is 19.6 Å². The maximum Gasteiger partial charge on any atom is 0.261 e. The van der Waals surface area contributed by atoms with E-state index in [2.05, 4.69) is 27.4 Å². The molecule has 3 fully saturated rings. The third-order valence-electron chi connectivity index (χ3n) is 5.98. The van der Waals surface area contributed by atoms with Gasteiger partial charge in [-0.05, 0) is 50.4 Å². The molecule has 5 heterocycles. The zero-order valence-electron chi connectivity index (χ0n) is 15.5. The molecule has 3 aliphatic rings. The summed E-state index contributed by atoms with van der Waals surface area (Å²) in [6, 6.07) is 12.6. The van der Waals surface area contributed by atoms with Crippen LogP contribution in [-0.2, 0) is 6.54 Å². The molecule has 27 heavy (non-hydrogen) atoms. The van der Waals surface area contributed by atoms with Gasteiger partial charge in [-0.15, -0.1) is 11.3 Å². The molecular weight excluding hydrogens is 356 g/mol. The number of thiophene rings is 1. The molecule has 1 aromatic carbocycles. The number of amides is 1. The van der Waals surface area contributed by atoms with Crippen molar-refractivity contribution in [1.29, 1.82) is 0 Å². The van der Waals surface area contributed by atoms with Crippen LogP contribution in [0.3, 0.4) is 0 Å². The summed E-state index contributed by atoms with van der Waals surface area (Å²) in [5.41, 5.74) is 2.20. The lowest BCUT2D eigenvalue weighted by molar-refractivity contribution is 0.0622. The molecule has 3 aliphatic heterocycles. The SMILES string of the molecule is Cc1nn(Cc2ccccc2)c2sc(C(=O)N[C@@H]3CN4CCC3CC4)cc12. The maximum absolute atomic E-state index is 12.9. The minimum atomic E-state index is 0.0700. The average molecular weight is 381 g/mol. The van der Waals surface area contributed by atoms with Crippen LogP contribution in [0.5, 0.6) is 0 Å². The van der Waals surface area contributed by atoms with Crippen LogP contribution in [0.2, 0.25) is 0 Å². The van der Waals surface area contributed by atoms with E-state index in [1.165, 1.54) is 31.5 Å². The fourth-order valence-electron chi connectivity index (χ4n) is 4.46. The van der Waals surface area contributed by atoms with E-state index >= 15 is 0 Å². The fraction of sp³-hybridized carbons (Fsp3) is 0.429. The van der Waals surface area contributed by atoms with E-state index < -0.39 is 0 Å². The van der Waals surface area contributed by atoms with E-state index in [0.29, 0.717) is 12.0 Å². The first kappa shape index (κ1) is 17.0. The molecule has 2 bridgehead atoms. The molecule has 140 valence electrons. The Balaban J connectivity index is 1.38. The summed E-state index contributed by atoms with van der Waals surface area (Å²) in [5.74, 6) is 0.712. The van der Waals surface area contributed by atoms with Crippen LogP contribution in [0.25, 0.3) is 10.2 Å². The highest BCUT2D eigenvalue weighted by Gasteiger charge is 2.35. The smallest absolute Gasteiger partial charge is 0.261 e. The number of fused-ring (bicyclic) bond motifs is 4. The van der Waals surface area contributed by atoms with Gasteiger partial charge in [0.2, 0.25) is 0 Å². The molecular formula is C21H24N4OS. The second-order valence-corrected chi connectivity index (χ2v) is 8.81. The molecule has 1 N–H and O–H groups in total. The van der Waals surface area contributed by atoms with Gasteiger partial charge in [-0.1, -0.05) is 30.3 Å². The molecule has 5 nitrogen and oxygen atoms in total. The van der Waals surface area contributed by atoms with Crippen molar-refractivity contribution < 1.29 is 4.79 Å². The third-order valence-corrected chi connectivity index (χ3v) is 7.13. The lowest BCUT2D eigenvalue weighted by Crippen LogP contribution is -2.57. The van der Waals surface area contributed by atoms with Gasteiger partial charge in [-0.2, -0.15) is 5.10 Å². The molecule has 2 aromatic heterocycles. The molecule has 0 unspecified atom stereocenters. The minimum Gasteiger partial charge on any atom is -0.347 e. The number of aromatic nitrogens is 2. The number of nitrogens with one attached hydrogen (secondary N) is 1. The first-order valence-corrected chi connectivity index (χ1v) is 10.5. The Hall–Kier alpha value is -2.18. The number of piperidine rings is 3. The maximum atomic E-state index is 12.9. The molecule has 0 aliphatic carbocycles. The molecule has 6 heteroatoms. The first-order chi connectivity index (χ1) is 13.2. The summed E-state index contributed by atoms with van der Waals surface area (Å²) >= 11 is 1.56. The van der Waals surface area contributed by atoms with Gasteiger partial charge in [0.05, 0.1) is 17.1 Å². The quantitative estimate of drug-likeness (QED) is 0.756. The number of carbonyl (C=O) groups excluding carboxylic acids is 1. The molecule has 1 amide bonds. The average Bonchev–Trinajstić information content (AvgIpc) is 3.25. The predicted molar refractivity (Wildman–Crippen MR) is 108 cm³/mol. The number of benzene rings is 1. The van der Waals surface area contributed by atoms with Gasteiger partial charge in [0.1, 0.15) is 4.83 Å². The number of hydrogen-bond acceptors (Lipinski definition) is 4. The summed E-state index contributed by atoms with van der Waals surface area (Å²) in [6.07, 6.45) is 2.42. The van der Waals surface area contributed by atoms with E-state index in [1.54, 1.807) is 11.3 Å². The third kappa shape index (κ3) is 3.17. The summed E-state index contributed by atoms with van der Waals surface area (Å²) in [6.45, 7) is 6.13. The van der Waals surface area contributed by atoms with Gasteiger partial charge in [0.15, 0.2) is 0 Å². The molecule has 3 aromatic rings. The monoisotopic (exact) mass is 380 g/mol. The zero-order valence-corrected chi connectivity index (χ0v) is 16.3. The first-order valence-electron chi connectivity index (χ1n) is 9.71. The fourth-order valence-corrected chi connectivity index (χ4v) is 5.52. The summed E-state index contributed by atoms with van der Waals surface area (Å²) in [7, 11) is 0. The van der Waals surface area contributed by atoms with Crippen molar-refractivity contribution in [1.82, 2.24) is 20.0 Å². The Morgan fingerprint density at radius 3 is 2.74 bits per heavy atom. The van der Waals surface area contributed by atoms with Crippen molar-refractivity contribution >= 4 is 27.5 Å². The van der Waals surface area contributed by atoms with Gasteiger partial charge < -0.3 is 10.2 Å². The second kappa shape index (κ2) is 6.77. The van der Waals surface area contributed by atoms with E-state index in [-0.39, 0.29) is 5.91 Å².